The van der Waals surface area contributed by atoms with Crippen LogP contribution < -0.4 is 5.32 Å². The fourth-order valence-corrected chi connectivity index (χ4v) is 3.00. The minimum Gasteiger partial charge on any atom is -0.372 e. The molecule has 2 N–H and O–H groups in total. The molecule has 1 saturated heterocycles. The fourth-order valence-electron chi connectivity index (χ4n) is 3.00. The molecule has 2 aromatic rings. The Kier molecular flexibility index (Phi) is 4.58. The van der Waals surface area contributed by atoms with Gasteiger partial charge in [-0.1, -0.05) is 0 Å². The topological polar surface area (TPSA) is 71.9 Å². The molecule has 0 aromatic carbocycles. The lowest BCUT2D eigenvalue weighted by molar-refractivity contribution is -0.121. The molecule has 0 aliphatic carbocycles. The van der Waals surface area contributed by atoms with Gasteiger partial charge in [-0.05, 0) is 31.0 Å². The van der Waals surface area contributed by atoms with Crippen molar-refractivity contribution in [3.63, 3.8) is 0 Å². The van der Waals surface area contributed by atoms with Gasteiger partial charge in [-0.2, -0.15) is 5.10 Å². The number of nitrogens with zero attached hydrogens (tertiary/aromatic N) is 2. The summed E-state index contributed by atoms with van der Waals surface area (Å²) in [6.45, 7) is 1.40. The van der Waals surface area contributed by atoms with Gasteiger partial charge in [-0.3, -0.25) is 9.48 Å². The normalized spacial score (nSPS) is 21.7. The van der Waals surface area contributed by atoms with E-state index >= 15 is 0 Å². The second kappa shape index (κ2) is 6.79. The van der Waals surface area contributed by atoms with Gasteiger partial charge in [0.2, 0.25) is 5.91 Å². The molecule has 1 aliphatic heterocycles. The lowest BCUT2D eigenvalue weighted by Crippen LogP contribution is -2.36. The Bertz CT molecular complexity index is 605. The van der Waals surface area contributed by atoms with Gasteiger partial charge in [0, 0.05) is 44.2 Å². The summed E-state index contributed by atoms with van der Waals surface area (Å²) >= 11 is 0. The monoisotopic (exact) mass is 302 g/mol. The molecule has 2 aromatic heterocycles. The van der Waals surface area contributed by atoms with Crippen molar-refractivity contribution in [2.45, 2.75) is 25.4 Å². The fraction of sp³-hybridized carbons (Fsp3) is 0.500. The Hall–Kier alpha value is -2.08. The minimum absolute atomic E-state index is 0.00652. The van der Waals surface area contributed by atoms with Gasteiger partial charge in [0.15, 0.2) is 0 Å². The second-order valence-corrected chi connectivity index (χ2v) is 5.75. The number of H-pyrrole nitrogens is 1. The smallest absolute Gasteiger partial charge is 0.225 e. The summed E-state index contributed by atoms with van der Waals surface area (Å²) in [5.74, 6) is 0.327. The Morgan fingerprint density at radius 3 is 3.18 bits per heavy atom. The molecule has 0 unspecified atom stereocenters. The maximum absolute atomic E-state index is 12.0. The highest BCUT2D eigenvalue weighted by Gasteiger charge is 2.29. The van der Waals surface area contributed by atoms with Crippen molar-refractivity contribution in [3.05, 3.63) is 42.0 Å². The summed E-state index contributed by atoms with van der Waals surface area (Å²) in [6, 6.07) is 5.81. The SMILES string of the molecule is Cn1nccc1[C@@H]1OCCC[C@H]1CNC(=O)Cc1ccc[nH]1. The first-order valence-electron chi connectivity index (χ1n) is 7.72. The number of aromatic amines is 1. The number of hydrogen-bond acceptors (Lipinski definition) is 3. The van der Waals surface area contributed by atoms with Crippen LogP contribution in [0.5, 0.6) is 0 Å². The number of rotatable bonds is 5. The van der Waals surface area contributed by atoms with Gasteiger partial charge < -0.3 is 15.0 Å². The third kappa shape index (κ3) is 3.39. The molecular formula is C16H22N4O2. The first-order valence-corrected chi connectivity index (χ1v) is 7.72. The molecule has 0 saturated carbocycles. The number of ether oxygens (including phenoxy) is 1. The Morgan fingerprint density at radius 2 is 2.45 bits per heavy atom. The molecule has 0 bridgehead atoms. The van der Waals surface area contributed by atoms with Gasteiger partial charge in [0.05, 0.1) is 12.1 Å². The van der Waals surface area contributed by atoms with E-state index in [1.54, 1.807) is 6.20 Å². The van der Waals surface area contributed by atoms with Crippen molar-refractivity contribution in [2.75, 3.05) is 13.2 Å². The number of aryl methyl sites for hydroxylation is 1. The summed E-state index contributed by atoms with van der Waals surface area (Å²) in [4.78, 5) is 15.1. The highest BCUT2D eigenvalue weighted by atomic mass is 16.5. The average molecular weight is 302 g/mol. The first-order chi connectivity index (χ1) is 10.7. The van der Waals surface area contributed by atoms with E-state index in [4.69, 9.17) is 4.74 Å². The van der Waals surface area contributed by atoms with Crippen LogP contribution in [0.15, 0.2) is 30.6 Å². The van der Waals surface area contributed by atoms with Gasteiger partial charge in [0.1, 0.15) is 6.10 Å². The predicted octanol–water partition coefficient (Wildman–Crippen LogP) is 1.57. The molecular weight excluding hydrogens is 280 g/mol. The number of carbonyl (C=O) groups excluding carboxylic acids is 1. The molecule has 0 radical (unpaired) electrons. The van der Waals surface area contributed by atoms with E-state index in [1.165, 1.54) is 0 Å². The third-order valence-corrected chi connectivity index (χ3v) is 4.17. The van der Waals surface area contributed by atoms with Crippen LogP contribution in [0.2, 0.25) is 0 Å². The minimum atomic E-state index is 0.00652. The van der Waals surface area contributed by atoms with Crippen LogP contribution in [0.3, 0.4) is 0 Å². The maximum Gasteiger partial charge on any atom is 0.225 e. The molecule has 0 spiro atoms. The van der Waals surface area contributed by atoms with Crippen molar-refractivity contribution in [2.24, 2.45) is 13.0 Å². The number of amides is 1. The van der Waals surface area contributed by atoms with E-state index in [-0.39, 0.29) is 17.9 Å². The Balaban J connectivity index is 1.57. The van der Waals surface area contributed by atoms with E-state index in [2.05, 4.69) is 15.4 Å². The maximum atomic E-state index is 12.0. The van der Waals surface area contributed by atoms with Crippen LogP contribution in [0.25, 0.3) is 0 Å². The van der Waals surface area contributed by atoms with Crippen LogP contribution in [0, 0.1) is 5.92 Å². The number of hydrogen-bond donors (Lipinski definition) is 2. The zero-order valence-corrected chi connectivity index (χ0v) is 12.8. The van der Waals surface area contributed by atoms with Gasteiger partial charge >= 0.3 is 0 Å². The van der Waals surface area contributed by atoms with Crippen molar-refractivity contribution >= 4 is 5.91 Å². The molecule has 3 heterocycles. The summed E-state index contributed by atoms with van der Waals surface area (Å²) in [5.41, 5.74) is 2.00. The van der Waals surface area contributed by atoms with Crippen LogP contribution >= 0.6 is 0 Å². The number of aromatic nitrogens is 3. The number of nitrogens with one attached hydrogen (secondary N) is 2. The van der Waals surface area contributed by atoms with Crippen LogP contribution in [-0.4, -0.2) is 33.8 Å². The quantitative estimate of drug-likeness (QED) is 0.880. The predicted molar refractivity (Wildman–Crippen MR) is 82.1 cm³/mol. The van der Waals surface area contributed by atoms with Gasteiger partial charge in [0.25, 0.3) is 0 Å². The Labute approximate surface area is 129 Å². The van der Waals surface area contributed by atoms with E-state index in [0.717, 1.165) is 30.8 Å². The second-order valence-electron chi connectivity index (χ2n) is 5.75. The van der Waals surface area contributed by atoms with Gasteiger partial charge in [-0.25, -0.2) is 0 Å². The molecule has 1 fully saturated rings. The summed E-state index contributed by atoms with van der Waals surface area (Å²) in [6.07, 6.45) is 6.10. The van der Waals surface area contributed by atoms with Crippen molar-refractivity contribution < 1.29 is 9.53 Å². The molecule has 1 amide bonds. The van der Waals surface area contributed by atoms with E-state index < -0.39 is 0 Å². The molecule has 118 valence electrons. The largest absolute Gasteiger partial charge is 0.372 e. The van der Waals surface area contributed by atoms with E-state index in [1.807, 2.05) is 36.1 Å². The third-order valence-electron chi connectivity index (χ3n) is 4.17. The standard InChI is InChI=1S/C16H22N4O2/c1-20-14(6-8-19-20)16-12(4-3-9-22-16)11-18-15(21)10-13-5-2-7-17-13/h2,5-8,12,16-17H,3-4,9-11H2,1H3,(H,18,21)/t12-,16+/m0/s1. The highest BCUT2D eigenvalue weighted by molar-refractivity contribution is 5.78. The zero-order chi connectivity index (χ0) is 15.4. The molecule has 6 heteroatoms. The van der Waals surface area contributed by atoms with Crippen molar-refractivity contribution in [1.29, 1.82) is 0 Å². The number of carbonyl (C=O) groups is 1. The van der Waals surface area contributed by atoms with Crippen molar-refractivity contribution in [1.82, 2.24) is 20.1 Å². The first kappa shape index (κ1) is 14.8. The molecule has 2 atom stereocenters. The lowest BCUT2D eigenvalue weighted by Gasteiger charge is -2.31. The van der Waals surface area contributed by atoms with E-state index in [9.17, 15) is 4.79 Å². The molecule has 22 heavy (non-hydrogen) atoms. The van der Waals surface area contributed by atoms with E-state index in [0.29, 0.717) is 13.0 Å². The summed E-state index contributed by atoms with van der Waals surface area (Å²) in [5, 5.41) is 7.25. The van der Waals surface area contributed by atoms with Gasteiger partial charge in [-0.15, -0.1) is 0 Å². The lowest BCUT2D eigenvalue weighted by atomic mass is 9.92. The summed E-state index contributed by atoms with van der Waals surface area (Å²) in [7, 11) is 1.92. The zero-order valence-electron chi connectivity index (χ0n) is 12.8. The molecule has 3 rings (SSSR count). The van der Waals surface area contributed by atoms with Crippen LogP contribution in [0.4, 0.5) is 0 Å². The average Bonchev–Trinajstić information content (AvgIpc) is 3.17. The molecule has 6 nitrogen and oxygen atoms in total. The van der Waals surface area contributed by atoms with Crippen molar-refractivity contribution in [3.8, 4) is 0 Å². The van der Waals surface area contributed by atoms with Crippen LogP contribution in [-0.2, 0) is 23.0 Å². The summed E-state index contributed by atoms with van der Waals surface area (Å²) < 4.78 is 7.79. The Morgan fingerprint density at radius 1 is 1.55 bits per heavy atom. The molecule has 1 aliphatic rings. The highest BCUT2D eigenvalue weighted by Crippen LogP contribution is 2.32. The van der Waals surface area contributed by atoms with Crippen LogP contribution in [0.1, 0.15) is 30.3 Å².